The highest BCUT2D eigenvalue weighted by Crippen LogP contribution is 2.23. The Hall–Kier alpha value is -2.14. The predicted octanol–water partition coefficient (Wildman–Crippen LogP) is 3.11. The fourth-order valence-electron chi connectivity index (χ4n) is 2.54. The highest BCUT2D eigenvalue weighted by Gasteiger charge is 2.26. The van der Waals surface area contributed by atoms with Crippen molar-refractivity contribution in [2.75, 3.05) is 6.61 Å². The van der Waals surface area contributed by atoms with Crippen molar-refractivity contribution < 1.29 is 14.3 Å². The van der Waals surface area contributed by atoms with E-state index in [-0.39, 0.29) is 30.4 Å². The average molecular weight is 330 g/mol. The number of rotatable bonds is 6. The maximum Gasteiger partial charge on any atom is 0.226 e. The summed E-state index contributed by atoms with van der Waals surface area (Å²) in [7, 11) is 0. The van der Waals surface area contributed by atoms with Crippen LogP contribution in [-0.2, 0) is 11.2 Å². The molecule has 0 spiro atoms. The van der Waals surface area contributed by atoms with Crippen molar-refractivity contribution in [2.45, 2.75) is 46.6 Å². The summed E-state index contributed by atoms with van der Waals surface area (Å²) in [5.41, 5.74) is 1.41. The second kappa shape index (κ2) is 7.62. The number of aryl methyl sites for hydroxylation is 1. The van der Waals surface area contributed by atoms with Gasteiger partial charge in [-0.05, 0) is 30.9 Å². The van der Waals surface area contributed by atoms with Crippen LogP contribution < -0.4 is 5.32 Å². The van der Waals surface area contributed by atoms with Crippen LogP contribution in [0.3, 0.4) is 0 Å². The minimum atomic E-state index is -0.119. The van der Waals surface area contributed by atoms with E-state index < -0.39 is 0 Å². The monoisotopic (exact) mass is 330 g/mol. The fraction of sp³-hybridized carbons (Fsp3) is 0.474. The van der Waals surface area contributed by atoms with Gasteiger partial charge in [-0.25, -0.2) is 4.98 Å². The van der Waals surface area contributed by atoms with Crippen LogP contribution in [0, 0.1) is 12.3 Å². The Labute approximate surface area is 143 Å². The predicted molar refractivity (Wildman–Crippen MR) is 93.5 cm³/mol. The first-order valence-electron chi connectivity index (χ1n) is 8.23. The molecule has 1 atom stereocenters. The zero-order valence-electron chi connectivity index (χ0n) is 14.8. The standard InChI is InChI=1S/C19H26N2O3/c1-13-15(20-18(24-13)14-8-6-5-7-9-14)12-17(23)21-16(10-11-22)19(2,3)4/h5-9,16,22H,10-12H2,1-4H3,(H,21,23). The molecule has 2 N–H and O–H groups in total. The van der Waals surface area contributed by atoms with Crippen molar-refractivity contribution >= 4 is 5.91 Å². The highest BCUT2D eigenvalue weighted by atomic mass is 16.4. The van der Waals surface area contributed by atoms with E-state index in [2.05, 4.69) is 10.3 Å². The van der Waals surface area contributed by atoms with Gasteiger partial charge in [-0.1, -0.05) is 39.0 Å². The van der Waals surface area contributed by atoms with E-state index in [1.807, 2.05) is 58.0 Å². The summed E-state index contributed by atoms with van der Waals surface area (Å²) < 4.78 is 5.69. The van der Waals surface area contributed by atoms with Gasteiger partial charge >= 0.3 is 0 Å². The first-order valence-corrected chi connectivity index (χ1v) is 8.23. The number of hydrogen-bond donors (Lipinski definition) is 2. The third kappa shape index (κ3) is 4.68. The lowest BCUT2D eigenvalue weighted by Crippen LogP contribution is -2.44. The molecule has 0 aliphatic heterocycles. The lowest BCUT2D eigenvalue weighted by atomic mass is 9.85. The third-order valence-corrected chi connectivity index (χ3v) is 4.04. The molecule has 2 rings (SSSR count). The van der Waals surface area contributed by atoms with Crippen molar-refractivity contribution in [1.82, 2.24) is 10.3 Å². The molecule has 0 aliphatic carbocycles. The molecular weight excluding hydrogens is 304 g/mol. The number of aromatic nitrogens is 1. The molecule has 0 bridgehead atoms. The van der Waals surface area contributed by atoms with Gasteiger partial charge in [-0.2, -0.15) is 0 Å². The van der Waals surface area contributed by atoms with Gasteiger partial charge in [0.05, 0.1) is 12.1 Å². The number of aliphatic hydroxyl groups excluding tert-OH is 1. The van der Waals surface area contributed by atoms with Crippen molar-refractivity contribution in [3.8, 4) is 11.5 Å². The van der Waals surface area contributed by atoms with Crippen LogP contribution >= 0.6 is 0 Å². The number of hydrogen-bond acceptors (Lipinski definition) is 4. The van der Waals surface area contributed by atoms with Crippen LogP contribution in [0.4, 0.5) is 0 Å². The van der Waals surface area contributed by atoms with E-state index in [1.54, 1.807) is 0 Å². The number of amides is 1. The highest BCUT2D eigenvalue weighted by molar-refractivity contribution is 5.78. The van der Waals surface area contributed by atoms with E-state index in [1.165, 1.54) is 0 Å². The summed E-state index contributed by atoms with van der Waals surface area (Å²) in [5, 5.41) is 12.2. The van der Waals surface area contributed by atoms with Crippen LogP contribution in [-0.4, -0.2) is 28.6 Å². The van der Waals surface area contributed by atoms with Crippen LogP contribution in [0.5, 0.6) is 0 Å². The molecule has 1 amide bonds. The van der Waals surface area contributed by atoms with E-state index in [0.29, 0.717) is 23.8 Å². The van der Waals surface area contributed by atoms with Gasteiger partial charge in [0, 0.05) is 18.2 Å². The minimum Gasteiger partial charge on any atom is -0.441 e. The van der Waals surface area contributed by atoms with Gasteiger partial charge in [0.2, 0.25) is 11.8 Å². The summed E-state index contributed by atoms with van der Waals surface area (Å²) in [5.74, 6) is 1.07. The zero-order chi connectivity index (χ0) is 17.7. The van der Waals surface area contributed by atoms with Crippen LogP contribution in [0.1, 0.15) is 38.6 Å². The lowest BCUT2D eigenvalue weighted by Gasteiger charge is -2.31. The van der Waals surface area contributed by atoms with E-state index in [9.17, 15) is 9.90 Å². The number of nitrogens with zero attached hydrogens (tertiary/aromatic N) is 1. The van der Waals surface area contributed by atoms with Crippen molar-refractivity contribution in [3.05, 3.63) is 41.8 Å². The zero-order valence-corrected chi connectivity index (χ0v) is 14.8. The molecule has 1 heterocycles. The molecule has 24 heavy (non-hydrogen) atoms. The molecule has 0 aliphatic rings. The molecule has 0 radical (unpaired) electrons. The van der Waals surface area contributed by atoms with Crippen LogP contribution in [0.2, 0.25) is 0 Å². The fourth-order valence-corrected chi connectivity index (χ4v) is 2.54. The number of carbonyl (C=O) groups excluding carboxylic acids is 1. The van der Waals surface area contributed by atoms with Crippen molar-refractivity contribution in [2.24, 2.45) is 5.41 Å². The molecule has 1 aromatic heterocycles. The quantitative estimate of drug-likeness (QED) is 0.853. The van der Waals surface area contributed by atoms with Crippen LogP contribution in [0.15, 0.2) is 34.7 Å². The number of benzene rings is 1. The molecule has 0 fully saturated rings. The van der Waals surface area contributed by atoms with Crippen molar-refractivity contribution in [1.29, 1.82) is 0 Å². The molecule has 5 heteroatoms. The van der Waals surface area contributed by atoms with Crippen molar-refractivity contribution in [3.63, 3.8) is 0 Å². The SMILES string of the molecule is Cc1oc(-c2ccccc2)nc1CC(=O)NC(CCO)C(C)(C)C. The van der Waals surface area contributed by atoms with Gasteiger partial charge in [-0.15, -0.1) is 0 Å². The maximum atomic E-state index is 12.4. The normalized spacial score (nSPS) is 12.9. The Kier molecular flexibility index (Phi) is 5.78. The lowest BCUT2D eigenvalue weighted by molar-refractivity contribution is -0.122. The average Bonchev–Trinajstić information content (AvgIpc) is 2.88. The molecule has 130 valence electrons. The minimum absolute atomic E-state index is 0.0450. The first kappa shape index (κ1) is 18.2. The number of aliphatic hydroxyl groups is 1. The Bertz CT molecular complexity index is 672. The molecule has 2 aromatic rings. The smallest absolute Gasteiger partial charge is 0.226 e. The molecule has 1 aromatic carbocycles. The summed E-state index contributed by atoms with van der Waals surface area (Å²) >= 11 is 0. The molecule has 0 saturated carbocycles. The van der Waals surface area contributed by atoms with E-state index in [0.717, 1.165) is 5.56 Å². The number of oxazole rings is 1. The Morgan fingerprint density at radius 2 is 1.96 bits per heavy atom. The molecule has 0 saturated heterocycles. The van der Waals surface area contributed by atoms with Gasteiger partial charge in [0.1, 0.15) is 5.76 Å². The second-order valence-corrected chi connectivity index (χ2v) is 7.06. The Morgan fingerprint density at radius 1 is 1.29 bits per heavy atom. The molecular formula is C19H26N2O3. The summed E-state index contributed by atoms with van der Waals surface area (Å²) in [4.78, 5) is 16.8. The van der Waals surface area contributed by atoms with Gasteiger partial charge in [-0.3, -0.25) is 4.79 Å². The summed E-state index contributed by atoms with van der Waals surface area (Å²) in [6, 6.07) is 9.53. The van der Waals surface area contributed by atoms with E-state index in [4.69, 9.17) is 4.42 Å². The number of carbonyl (C=O) groups is 1. The first-order chi connectivity index (χ1) is 11.3. The topological polar surface area (TPSA) is 75.4 Å². The van der Waals surface area contributed by atoms with Gasteiger partial charge < -0.3 is 14.8 Å². The second-order valence-electron chi connectivity index (χ2n) is 7.06. The van der Waals surface area contributed by atoms with Gasteiger partial charge in [0.15, 0.2) is 0 Å². The largest absolute Gasteiger partial charge is 0.441 e. The molecule has 1 unspecified atom stereocenters. The third-order valence-electron chi connectivity index (χ3n) is 4.04. The van der Waals surface area contributed by atoms with Crippen LogP contribution in [0.25, 0.3) is 11.5 Å². The number of nitrogens with one attached hydrogen (secondary N) is 1. The Balaban J connectivity index is 2.08. The molecule has 5 nitrogen and oxygen atoms in total. The maximum absolute atomic E-state index is 12.4. The van der Waals surface area contributed by atoms with E-state index >= 15 is 0 Å². The van der Waals surface area contributed by atoms with Gasteiger partial charge in [0.25, 0.3) is 0 Å². The Morgan fingerprint density at radius 3 is 2.54 bits per heavy atom. The summed E-state index contributed by atoms with van der Waals surface area (Å²) in [6.45, 7) is 7.99. The summed E-state index contributed by atoms with van der Waals surface area (Å²) in [6.07, 6.45) is 0.697.